The molecule has 0 saturated carbocycles. The van der Waals surface area contributed by atoms with E-state index in [-0.39, 0.29) is 33.6 Å². The summed E-state index contributed by atoms with van der Waals surface area (Å²) in [6.07, 6.45) is 6.59. The van der Waals surface area contributed by atoms with Crippen LogP contribution in [0.15, 0.2) is 54.7 Å². The maximum absolute atomic E-state index is 15.0. The van der Waals surface area contributed by atoms with Gasteiger partial charge in [-0.25, -0.2) is 18.7 Å². The molecule has 2 amide bonds. The van der Waals surface area contributed by atoms with Gasteiger partial charge in [-0.1, -0.05) is 53.0 Å². The van der Waals surface area contributed by atoms with Gasteiger partial charge in [-0.05, 0) is 67.4 Å². The van der Waals surface area contributed by atoms with Crippen molar-refractivity contribution in [3.63, 3.8) is 0 Å². The number of nitrogens with one attached hydrogen (secondary N) is 2. The number of rotatable bonds is 5. The molecule has 198 valence electrons. The molecule has 1 spiro atoms. The van der Waals surface area contributed by atoms with Gasteiger partial charge >= 0.3 is 6.03 Å². The molecule has 0 bridgehead atoms. The predicted molar refractivity (Wildman–Crippen MR) is 149 cm³/mol. The van der Waals surface area contributed by atoms with Crippen LogP contribution >= 0.6 is 34.8 Å². The normalized spacial score (nSPS) is 20.1. The number of hydrogen-bond acceptors (Lipinski definition) is 3. The van der Waals surface area contributed by atoms with Crippen LogP contribution in [-0.4, -0.2) is 37.2 Å². The molecule has 2 aromatic carbocycles. The average Bonchev–Trinajstić information content (AvgIpc) is 3.16. The van der Waals surface area contributed by atoms with Crippen LogP contribution in [0.2, 0.25) is 15.1 Å². The molecule has 10 heteroatoms. The van der Waals surface area contributed by atoms with Gasteiger partial charge in [-0.2, -0.15) is 4.39 Å². The van der Waals surface area contributed by atoms with Crippen molar-refractivity contribution in [2.75, 3.05) is 26.2 Å². The fourth-order valence-electron chi connectivity index (χ4n) is 5.67. The second-order valence-electron chi connectivity index (χ2n) is 9.82. The van der Waals surface area contributed by atoms with E-state index in [1.807, 2.05) is 24.3 Å². The summed E-state index contributed by atoms with van der Waals surface area (Å²) in [5.74, 6) is -1.30. The van der Waals surface area contributed by atoms with Crippen molar-refractivity contribution in [2.24, 2.45) is 0 Å². The Hall–Kier alpha value is -2.55. The summed E-state index contributed by atoms with van der Waals surface area (Å²) in [6, 6.07) is 11.5. The summed E-state index contributed by atoms with van der Waals surface area (Å²) in [5, 5.41) is 6.80. The molecule has 2 aliphatic heterocycles. The number of amides is 2. The van der Waals surface area contributed by atoms with Crippen molar-refractivity contribution in [1.82, 2.24) is 20.1 Å². The Morgan fingerprint density at radius 3 is 2.55 bits per heavy atom. The van der Waals surface area contributed by atoms with Gasteiger partial charge in [0.1, 0.15) is 18.8 Å². The van der Waals surface area contributed by atoms with Crippen molar-refractivity contribution in [3.8, 4) is 0 Å². The molecule has 2 aliphatic rings. The number of halogens is 5. The smallest absolute Gasteiger partial charge is 0.317 e. The number of benzene rings is 2. The van der Waals surface area contributed by atoms with E-state index in [0.29, 0.717) is 41.2 Å². The first-order valence-corrected chi connectivity index (χ1v) is 13.4. The van der Waals surface area contributed by atoms with E-state index in [2.05, 4.69) is 15.6 Å². The Kier molecular flexibility index (Phi) is 7.76. The van der Waals surface area contributed by atoms with E-state index in [1.54, 1.807) is 18.2 Å². The molecule has 1 fully saturated rings. The maximum Gasteiger partial charge on any atom is 0.422 e. The zero-order valence-electron chi connectivity index (χ0n) is 20.4. The van der Waals surface area contributed by atoms with Crippen LogP contribution in [0, 0.1) is 11.8 Å². The number of carbonyl (C=O) groups is 1. The number of pyridine rings is 1. The minimum atomic E-state index is -0.672. The fourth-order valence-corrected chi connectivity index (χ4v) is 6.44. The molecule has 1 unspecified atom stereocenters. The summed E-state index contributed by atoms with van der Waals surface area (Å²) >= 11 is 19.0. The molecule has 5 nitrogen and oxygen atoms in total. The van der Waals surface area contributed by atoms with E-state index in [1.165, 1.54) is 18.3 Å². The van der Waals surface area contributed by atoms with Gasteiger partial charge in [0.25, 0.3) is 0 Å². The third-order valence-electron chi connectivity index (χ3n) is 7.49. The zero-order chi connectivity index (χ0) is 26.9. The van der Waals surface area contributed by atoms with E-state index >= 15 is 4.39 Å². The van der Waals surface area contributed by atoms with Crippen LogP contribution < -0.4 is 15.1 Å². The average molecular weight is 579 g/mol. The molecule has 1 atom stereocenters. The number of urea groups is 1. The molecule has 38 heavy (non-hydrogen) atoms. The van der Waals surface area contributed by atoms with E-state index in [4.69, 9.17) is 34.8 Å². The maximum atomic E-state index is 15.0. The van der Waals surface area contributed by atoms with Crippen LogP contribution in [-0.2, 0) is 12.0 Å². The molecule has 1 saturated heterocycles. The Labute approximate surface area is 235 Å². The van der Waals surface area contributed by atoms with Crippen molar-refractivity contribution < 1.29 is 13.6 Å². The highest BCUT2D eigenvalue weighted by Gasteiger charge is 2.58. The third kappa shape index (κ3) is 5.06. The van der Waals surface area contributed by atoms with E-state index in [9.17, 15) is 9.18 Å². The lowest BCUT2D eigenvalue weighted by Crippen LogP contribution is -2.60. The minimum Gasteiger partial charge on any atom is -0.317 e. The van der Waals surface area contributed by atoms with E-state index < -0.39 is 17.2 Å². The summed E-state index contributed by atoms with van der Waals surface area (Å²) in [7, 11) is 0. The Balaban J connectivity index is 1.58. The van der Waals surface area contributed by atoms with Crippen LogP contribution in [0.4, 0.5) is 19.3 Å². The molecule has 0 radical (unpaired) electrons. The minimum absolute atomic E-state index is 0.0277. The second-order valence-corrected chi connectivity index (χ2v) is 11.0. The molecular formula is C28H26Cl3F2N4O+. The van der Waals surface area contributed by atoms with Gasteiger partial charge in [0.2, 0.25) is 5.95 Å². The molecule has 0 aliphatic carbocycles. The molecule has 3 aromatic rings. The highest BCUT2D eigenvalue weighted by molar-refractivity contribution is 6.36. The number of fused-ring (bicyclic) bond motifs is 2. The molecule has 5 rings (SSSR count). The first-order chi connectivity index (χ1) is 18.2. The van der Waals surface area contributed by atoms with Gasteiger partial charge in [0.05, 0.1) is 15.5 Å². The van der Waals surface area contributed by atoms with Crippen molar-refractivity contribution in [1.29, 1.82) is 0 Å². The van der Waals surface area contributed by atoms with Crippen molar-refractivity contribution in [2.45, 2.75) is 24.8 Å². The van der Waals surface area contributed by atoms with Gasteiger partial charge in [0, 0.05) is 29.4 Å². The van der Waals surface area contributed by atoms with Crippen LogP contribution in [0.1, 0.15) is 29.5 Å². The number of quaternary nitrogens is 1. The summed E-state index contributed by atoms with van der Waals surface area (Å²) < 4.78 is 28.6. The number of aromatic nitrogens is 1. The first-order valence-electron chi connectivity index (χ1n) is 12.3. The quantitative estimate of drug-likeness (QED) is 0.197. The Bertz CT molecular complexity index is 1390. The van der Waals surface area contributed by atoms with Gasteiger partial charge in [0.15, 0.2) is 5.82 Å². The summed E-state index contributed by atoms with van der Waals surface area (Å²) in [4.78, 5) is 17.7. The molecule has 2 N–H and O–H groups in total. The number of piperidine rings is 1. The standard InChI is InChI=1S/C28H25Cl3F2N4O/c29-20-5-3-18(4-6-20)2-1-13-37(27(38)36-16-19-7-10-35-23(32)14-19)17-28(8-11-34-12-9-28)24-22(37)15-21(30)26(33)25(24)31/h1-7,10,14-15,34H,8-9,11-13,16-17H2/p+1/b2-1+. The van der Waals surface area contributed by atoms with Crippen LogP contribution in [0.3, 0.4) is 0 Å². The number of nitrogens with zero attached hydrogens (tertiary/aromatic N) is 2. The van der Waals surface area contributed by atoms with Crippen molar-refractivity contribution >= 4 is 52.6 Å². The topological polar surface area (TPSA) is 54.0 Å². The predicted octanol–water partition coefficient (Wildman–Crippen LogP) is 6.89. The third-order valence-corrected chi connectivity index (χ3v) is 8.37. The van der Waals surface area contributed by atoms with Crippen molar-refractivity contribution in [3.05, 3.63) is 98.3 Å². The van der Waals surface area contributed by atoms with Gasteiger partial charge < -0.3 is 10.6 Å². The van der Waals surface area contributed by atoms with Crippen LogP contribution in [0.5, 0.6) is 0 Å². The monoisotopic (exact) mass is 577 g/mol. The number of carbonyl (C=O) groups excluding carboxylic acids is 1. The van der Waals surface area contributed by atoms with Gasteiger partial charge in [-0.15, -0.1) is 0 Å². The SMILES string of the molecule is O=C(NCc1ccnc(F)c1)[N+]1(C/C=C/c2ccc(Cl)cc2)CC2(CCNCC2)c2c1cc(Cl)c(F)c2Cl. The Morgan fingerprint density at radius 1 is 1.11 bits per heavy atom. The lowest BCUT2D eigenvalue weighted by molar-refractivity contribution is 0.189. The largest absolute Gasteiger partial charge is 0.422 e. The van der Waals surface area contributed by atoms with Gasteiger partial charge in [-0.3, -0.25) is 0 Å². The lowest BCUT2D eigenvalue weighted by atomic mass is 9.74. The highest BCUT2D eigenvalue weighted by atomic mass is 35.5. The Morgan fingerprint density at radius 2 is 1.84 bits per heavy atom. The van der Waals surface area contributed by atoms with Crippen LogP contribution in [0.25, 0.3) is 6.08 Å². The highest BCUT2D eigenvalue weighted by Crippen LogP contribution is 2.54. The first kappa shape index (κ1) is 27.0. The summed E-state index contributed by atoms with van der Waals surface area (Å²) in [5.41, 5.74) is 2.23. The molecule has 3 heterocycles. The summed E-state index contributed by atoms with van der Waals surface area (Å²) in [6.45, 7) is 2.22. The fraction of sp³-hybridized carbons (Fsp3) is 0.286. The molecular weight excluding hydrogens is 553 g/mol. The zero-order valence-corrected chi connectivity index (χ0v) is 22.7. The molecule has 1 aromatic heterocycles. The lowest BCUT2D eigenvalue weighted by Gasteiger charge is -2.36. The second kappa shape index (κ2) is 10.9. The van der Waals surface area contributed by atoms with E-state index in [0.717, 1.165) is 18.7 Å². The number of hydrogen-bond donors (Lipinski definition) is 2.